The van der Waals surface area contributed by atoms with E-state index in [0.29, 0.717) is 5.15 Å². The Morgan fingerprint density at radius 3 is 2.67 bits per heavy atom. The van der Waals surface area contributed by atoms with Gasteiger partial charge in [-0.3, -0.25) is 0 Å². The van der Waals surface area contributed by atoms with Gasteiger partial charge in [0.15, 0.2) is 9.49 Å². The molecular weight excluding hydrogens is 242 g/mol. The lowest BCUT2D eigenvalue weighted by Gasteiger charge is -1.77. The van der Waals surface area contributed by atoms with Crippen LogP contribution >= 0.6 is 50.6 Å². The highest BCUT2D eigenvalue weighted by Crippen LogP contribution is 2.32. The normalized spacial score (nSPS) is 10.1. The zero-order valence-electron chi connectivity index (χ0n) is 4.52. The summed E-state index contributed by atoms with van der Waals surface area (Å²) in [6, 6.07) is 0. The predicted molar refractivity (Wildman–Crippen MR) is 46.6 cm³/mol. The molecule has 0 aliphatic rings. The summed E-state index contributed by atoms with van der Waals surface area (Å²) in [5.74, 6) is 0. The van der Waals surface area contributed by atoms with E-state index in [9.17, 15) is 0 Å². The van der Waals surface area contributed by atoms with Crippen molar-refractivity contribution in [2.75, 3.05) is 6.26 Å². The molecule has 1 aromatic heterocycles. The monoisotopic (exact) mass is 243 g/mol. The van der Waals surface area contributed by atoms with E-state index in [1.54, 1.807) is 23.1 Å². The molecular formula is C4H3BrClNS2. The number of thiazole rings is 1. The zero-order valence-corrected chi connectivity index (χ0v) is 8.49. The van der Waals surface area contributed by atoms with Crippen molar-refractivity contribution in [3.05, 3.63) is 8.94 Å². The second-order valence-corrected chi connectivity index (χ2v) is 4.98. The van der Waals surface area contributed by atoms with E-state index < -0.39 is 0 Å². The van der Waals surface area contributed by atoms with E-state index in [1.165, 1.54) is 0 Å². The fraction of sp³-hybridized carbons (Fsp3) is 0.250. The molecule has 1 heterocycles. The molecule has 9 heavy (non-hydrogen) atoms. The van der Waals surface area contributed by atoms with Crippen molar-refractivity contribution < 1.29 is 0 Å². The molecule has 0 bridgehead atoms. The molecule has 0 amide bonds. The van der Waals surface area contributed by atoms with Crippen LogP contribution in [0.15, 0.2) is 8.13 Å². The highest BCUT2D eigenvalue weighted by molar-refractivity contribution is 9.11. The molecule has 1 nitrogen and oxygen atoms in total. The minimum absolute atomic E-state index is 0.560. The highest BCUT2D eigenvalue weighted by Gasteiger charge is 2.03. The van der Waals surface area contributed by atoms with Crippen molar-refractivity contribution in [1.82, 2.24) is 4.98 Å². The van der Waals surface area contributed by atoms with Gasteiger partial charge in [0.2, 0.25) is 0 Å². The van der Waals surface area contributed by atoms with Crippen LogP contribution in [0.3, 0.4) is 0 Å². The Labute approximate surface area is 75.0 Å². The molecule has 0 fully saturated rings. The Bertz CT molecular complexity index is 193. The number of hydrogen-bond donors (Lipinski definition) is 0. The van der Waals surface area contributed by atoms with Gasteiger partial charge in [-0.05, 0) is 22.2 Å². The Morgan fingerprint density at radius 1 is 1.78 bits per heavy atom. The summed E-state index contributed by atoms with van der Waals surface area (Å²) in [7, 11) is 0. The standard InChI is InChI=1S/C4H3BrClNS2/c1-8-4-7-3(6)2(5)9-4/h1H3. The fourth-order valence-electron chi connectivity index (χ4n) is 0.353. The van der Waals surface area contributed by atoms with E-state index in [4.69, 9.17) is 11.6 Å². The van der Waals surface area contributed by atoms with E-state index in [0.717, 1.165) is 8.13 Å². The van der Waals surface area contributed by atoms with Crippen LogP contribution in [0.2, 0.25) is 5.15 Å². The number of thioether (sulfide) groups is 1. The molecule has 0 aliphatic heterocycles. The third kappa shape index (κ3) is 1.83. The van der Waals surface area contributed by atoms with Crippen LogP contribution in [0.25, 0.3) is 0 Å². The Morgan fingerprint density at radius 2 is 2.44 bits per heavy atom. The first-order valence-electron chi connectivity index (χ1n) is 2.10. The topological polar surface area (TPSA) is 12.9 Å². The van der Waals surface area contributed by atoms with E-state index >= 15 is 0 Å². The lowest BCUT2D eigenvalue weighted by Crippen LogP contribution is -1.62. The van der Waals surface area contributed by atoms with Crippen LogP contribution < -0.4 is 0 Å². The SMILES string of the molecule is CSc1nc(Cl)c(Br)s1. The predicted octanol–water partition coefficient (Wildman–Crippen LogP) is 3.28. The molecule has 0 aromatic carbocycles. The van der Waals surface area contributed by atoms with Crippen molar-refractivity contribution in [2.24, 2.45) is 0 Å². The van der Waals surface area contributed by atoms with Crippen molar-refractivity contribution in [3.63, 3.8) is 0 Å². The molecule has 1 rings (SSSR count). The molecule has 0 atom stereocenters. The summed E-state index contributed by atoms with van der Waals surface area (Å²) >= 11 is 12.1. The summed E-state index contributed by atoms with van der Waals surface area (Å²) in [6.07, 6.45) is 1.97. The zero-order chi connectivity index (χ0) is 6.85. The van der Waals surface area contributed by atoms with Crippen LogP contribution in [-0.2, 0) is 0 Å². The third-order valence-corrected chi connectivity index (χ3v) is 4.01. The second kappa shape index (κ2) is 3.23. The van der Waals surface area contributed by atoms with Gasteiger partial charge in [0.25, 0.3) is 0 Å². The minimum atomic E-state index is 0.560. The fourth-order valence-corrected chi connectivity index (χ4v) is 2.71. The molecule has 0 unspecified atom stereocenters. The van der Waals surface area contributed by atoms with Gasteiger partial charge in [-0.2, -0.15) is 0 Å². The molecule has 0 saturated carbocycles. The number of rotatable bonds is 1. The van der Waals surface area contributed by atoms with Gasteiger partial charge in [-0.25, -0.2) is 4.98 Å². The summed E-state index contributed by atoms with van der Waals surface area (Å²) in [6.45, 7) is 0. The number of halogens is 2. The van der Waals surface area contributed by atoms with Crippen LogP contribution in [0, 0.1) is 0 Å². The van der Waals surface area contributed by atoms with Crippen molar-refractivity contribution in [1.29, 1.82) is 0 Å². The van der Waals surface area contributed by atoms with Crippen molar-refractivity contribution in [2.45, 2.75) is 4.34 Å². The molecule has 1 aromatic rings. The summed E-state index contributed by atoms with van der Waals surface area (Å²) in [5, 5.41) is 0.560. The van der Waals surface area contributed by atoms with Crippen LogP contribution in [0.5, 0.6) is 0 Å². The van der Waals surface area contributed by atoms with Gasteiger partial charge in [-0.1, -0.05) is 34.7 Å². The average molecular weight is 245 g/mol. The molecule has 0 N–H and O–H groups in total. The van der Waals surface area contributed by atoms with Crippen molar-refractivity contribution in [3.8, 4) is 0 Å². The maximum absolute atomic E-state index is 5.65. The maximum Gasteiger partial charge on any atom is 0.155 e. The van der Waals surface area contributed by atoms with Crippen LogP contribution in [0.4, 0.5) is 0 Å². The van der Waals surface area contributed by atoms with Gasteiger partial charge in [0, 0.05) is 0 Å². The van der Waals surface area contributed by atoms with Gasteiger partial charge >= 0.3 is 0 Å². The molecule has 0 spiro atoms. The van der Waals surface area contributed by atoms with Crippen molar-refractivity contribution >= 4 is 50.6 Å². The molecule has 0 aliphatic carbocycles. The Kier molecular flexibility index (Phi) is 2.82. The number of aromatic nitrogens is 1. The first-order chi connectivity index (χ1) is 4.24. The number of hydrogen-bond acceptors (Lipinski definition) is 3. The van der Waals surface area contributed by atoms with E-state index in [-0.39, 0.29) is 0 Å². The largest absolute Gasteiger partial charge is 0.217 e. The average Bonchev–Trinajstić information content (AvgIpc) is 2.13. The summed E-state index contributed by atoms with van der Waals surface area (Å²) < 4.78 is 1.90. The molecule has 5 heteroatoms. The lowest BCUT2D eigenvalue weighted by atomic mass is 11.0. The minimum Gasteiger partial charge on any atom is -0.217 e. The third-order valence-electron chi connectivity index (χ3n) is 0.703. The molecule has 50 valence electrons. The number of nitrogens with zero attached hydrogens (tertiary/aromatic N) is 1. The molecule has 0 saturated heterocycles. The summed E-state index contributed by atoms with van der Waals surface area (Å²) in [5.41, 5.74) is 0. The lowest BCUT2D eigenvalue weighted by molar-refractivity contribution is 1.25. The second-order valence-electron chi connectivity index (χ2n) is 1.25. The van der Waals surface area contributed by atoms with Gasteiger partial charge < -0.3 is 0 Å². The van der Waals surface area contributed by atoms with Gasteiger partial charge in [0.1, 0.15) is 3.79 Å². The quantitative estimate of drug-likeness (QED) is 0.703. The summed E-state index contributed by atoms with van der Waals surface area (Å²) in [4.78, 5) is 4.03. The van der Waals surface area contributed by atoms with Gasteiger partial charge in [0.05, 0.1) is 0 Å². The first-order valence-corrected chi connectivity index (χ1v) is 5.31. The highest BCUT2D eigenvalue weighted by atomic mass is 79.9. The van der Waals surface area contributed by atoms with Crippen LogP contribution in [0.1, 0.15) is 0 Å². The Hall–Kier alpha value is 0.750. The maximum atomic E-state index is 5.65. The van der Waals surface area contributed by atoms with Gasteiger partial charge in [-0.15, -0.1) is 0 Å². The van der Waals surface area contributed by atoms with E-state index in [1.807, 2.05) is 6.26 Å². The Balaban J connectivity index is 2.98. The van der Waals surface area contributed by atoms with Crippen LogP contribution in [-0.4, -0.2) is 11.2 Å². The first kappa shape index (κ1) is 7.85. The smallest absolute Gasteiger partial charge is 0.155 e. The van der Waals surface area contributed by atoms with E-state index in [2.05, 4.69) is 20.9 Å². The molecule has 0 radical (unpaired) electrons.